The number of likely N-dealkylation sites (N-methyl/N-ethyl adjacent to an activating group) is 1. The summed E-state index contributed by atoms with van der Waals surface area (Å²) in [5, 5.41) is 6.25. The van der Waals surface area contributed by atoms with E-state index in [1.165, 1.54) is 18.4 Å². The minimum atomic E-state index is -0.430. The first-order chi connectivity index (χ1) is 16.5. The van der Waals surface area contributed by atoms with Crippen molar-refractivity contribution < 1.29 is 28.6 Å². The second-order valence-corrected chi connectivity index (χ2v) is 9.27. The van der Waals surface area contributed by atoms with Gasteiger partial charge < -0.3 is 24.8 Å². The summed E-state index contributed by atoms with van der Waals surface area (Å²) in [5.41, 5.74) is 2.06. The first-order valence-corrected chi connectivity index (χ1v) is 12.2. The van der Waals surface area contributed by atoms with Crippen LogP contribution in [0.3, 0.4) is 0 Å². The second kappa shape index (κ2) is 10.9. The minimum Gasteiger partial charge on any atom is -0.486 e. The molecule has 182 valence electrons. The van der Waals surface area contributed by atoms with Gasteiger partial charge in [-0.05, 0) is 49.9 Å². The Bertz CT molecular complexity index is 1080. The molecule has 2 aliphatic rings. The van der Waals surface area contributed by atoms with E-state index in [1.54, 1.807) is 23.1 Å². The topological polar surface area (TPSA) is 106 Å². The largest absolute Gasteiger partial charge is 0.486 e. The molecule has 0 spiro atoms. The number of rotatable bonds is 8. The molecule has 1 aliphatic heterocycles. The molecule has 0 atom stereocenters. The molecule has 0 radical (unpaired) electrons. The van der Waals surface area contributed by atoms with Gasteiger partial charge in [0.2, 0.25) is 11.8 Å². The Morgan fingerprint density at radius 1 is 1.03 bits per heavy atom. The number of aryl methyl sites for hydroxylation is 1. The first-order valence-electron chi connectivity index (χ1n) is 11.4. The number of thiophene rings is 1. The number of methoxy groups -OCH3 is 1. The third kappa shape index (κ3) is 5.51. The molecule has 0 saturated heterocycles. The summed E-state index contributed by atoms with van der Waals surface area (Å²) in [7, 11) is 1.35. The molecule has 1 aromatic heterocycles. The van der Waals surface area contributed by atoms with Crippen LogP contribution in [-0.2, 0) is 27.2 Å². The summed E-state index contributed by atoms with van der Waals surface area (Å²) in [6.45, 7) is 3.42. The number of esters is 1. The number of hydrogen-bond acceptors (Lipinski definition) is 8. The van der Waals surface area contributed by atoms with Gasteiger partial charge in [0.15, 0.2) is 11.5 Å². The maximum atomic E-state index is 12.8. The lowest BCUT2D eigenvalue weighted by atomic mass is 9.95. The van der Waals surface area contributed by atoms with E-state index in [9.17, 15) is 14.4 Å². The van der Waals surface area contributed by atoms with Gasteiger partial charge in [-0.1, -0.05) is 6.92 Å². The number of carbonyl (C=O) groups is 3. The highest BCUT2D eigenvalue weighted by molar-refractivity contribution is 7.17. The van der Waals surface area contributed by atoms with Crippen molar-refractivity contribution >= 4 is 39.8 Å². The standard InChI is InChI=1S/C24H29N3O6S/c1-3-27(13-20(28)25-15-8-9-17-18(12-15)33-11-10-32-17)14-21(29)26-23-22(24(30)31-2)16-6-4-5-7-19(16)34-23/h8-9,12H,3-7,10-11,13-14H2,1-2H3,(H,25,28)(H,26,29). The van der Waals surface area contributed by atoms with Crippen LogP contribution in [0.5, 0.6) is 11.5 Å². The van der Waals surface area contributed by atoms with E-state index < -0.39 is 5.97 Å². The van der Waals surface area contributed by atoms with Gasteiger partial charge in [-0.2, -0.15) is 0 Å². The average molecular weight is 488 g/mol. The Kier molecular flexibility index (Phi) is 7.69. The number of carbonyl (C=O) groups excluding carboxylic acids is 3. The number of hydrogen-bond donors (Lipinski definition) is 2. The molecule has 2 heterocycles. The molecule has 2 amide bonds. The number of ether oxygens (including phenoxy) is 3. The van der Waals surface area contributed by atoms with Crippen molar-refractivity contribution in [2.24, 2.45) is 0 Å². The zero-order valence-corrected chi connectivity index (χ0v) is 20.2. The number of nitrogens with one attached hydrogen (secondary N) is 2. The van der Waals surface area contributed by atoms with Crippen molar-refractivity contribution in [3.05, 3.63) is 34.2 Å². The molecule has 1 aliphatic carbocycles. The molecule has 0 unspecified atom stereocenters. The van der Waals surface area contributed by atoms with Crippen LogP contribution in [0, 0.1) is 0 Å². The van der Waals surface area contributed by atoms with Crippen LogP contribution in [0.4, 0.5) is 10.7 Å². The van der Waals surface area contributed by atoms with Crippen LogP contribution in [0.1, 0.15) is 40.6 Å². The van der Waals surface area contributed by atoms with Gasteiger partial charge in [-0.25, -0.2) is 4.79 Å². The fourth-order valence-electron chi connectivity index (χ4n) is 4.15. The number of nitrogens with zero attached hydrogens (tertiary/aromatic N) is 1. The van der Waals surface area contributed by atoms with Crippen LogP contribution in [-0.4, -0.2) is 62.6 Å². The van der Waals surface area contributed by atoms with Gasteiger partial charge in [0.1, 0.15) is 18.2 Å². The summed E-state index contributed by atoms with van der Waals surface area (Å²) in [5.74, 6) is 0.292. The van der Waals surface area contributed by atoms with Crippen molar-refractivity contribution in [1.29, 1.82) is 0 Å². The van der Waals surface area contributed by atoms with E-state index in [-0.39, 0.29) is 24.9 Å². The lowest BCUT2D eigenvalue weighted by molar-refractivity contribution is -0.119. The van der Waals surface area contributed by atoms with E-state index in [0.29, 0.717) is 47.5 Å². The van der Waals surface area contributed by atoms with E-state index in [0.717, 1.165) is 36.1 Å². The lowest BCUT2D eigenvalue weighted by Gasteiger charge is -2.21. The van der Waals surface area contributed by atoms with Gasteiger partial charge in [0.05, 0.1) is 25.8 Å². The minimum absolute atomic E-state index is 0.0221. The fraction of sp³-hybridized carbons (Fsp3) is 0.458. The van der Waals surface area contributed by atoms with Crippen molar-refractivity contribution in [2.45, 2.75) is 32.6 Å². The van der Waals surface area contributed by atoms with Gasteiger partial charge >= 0.3 is 5.97 Å². The third-order valence-electron chi connectivity index (χ3n) is 5.82. The maximum Gasteiger partial charge on any atom is 0.341 e. The Morgan fingerprint density at radius 3 is 2.47 bits per heavy atom. The first kappa shape index (κ1) is 24.0. The molecule has 34 heavy (non-hydrogen) atoms. The van der Waals surface area contributed by atoms with Gasteiger partial charge in [-0.15, -0.1) is 11.3 Å². The summed E-state index contributed by atoms with van der Waals surface area (Å²) in [6.07, 6.45) is 3.81. The highest BCUT2D eigenvalue weighted by Crippen LogP contribution is 2.38. The Labute approximate surface area is 202 Å². The maximum absolute atomic E-state index is 12.8. The molecule has 4 rings (SSSR count). The quantitative estimate of drug-likeness (QED) is 0.551. The SMILES string of the molecule is CCN(CC(=O)Nc1ccc2c(c1)OCCO2)CC(=O)Nc1sc2c(c1C(=O)OC)CCCC2. The summed E-state index contributed by atoms with van der Waals surface area (Å²) < 4.78 is 16.0. The molecular weight excluding hydrogens is 458 g/mol. The van der Waals surface area contributed by atoms with E-state index in [4.69, 9.17) is 14.2 Å². The van der Waals surface area contributed by atoms with E-state index in [1.807, 2.05) is 6.92 Å². The van der Waals surface area contributed by atoms with E-state index in [2.05, 4.69) is 10.6 Å². The van der Waals surface area contributed by atoms with E-state index >= 15 is 0 Å². The predicted molar refractivity (Wildman–Crippen MR) is 129 cm³/mol. The van der Waals surface area contributed by atoms with Crippen LogP contribution in [0.2, 0.25) is 0 Å². The van der Waals surface area contributed by atoms with Gasteiger partial charge in [0.25, 0.3) is 0 Å². The Hall–Kier alpha value is -3.11. The number of benzene rings is 1. The molecule has 0 saturated carbocycles. The summed E-state index contributed by atoms with van der Waals surface area (Å²) in [6, 6.07) is 5.23. The highest BCUT2D eigenvalue weighted by atomic mass is 32.1. The smallest absolute Gasteiger partial charge is 0.341 e. The van der Waals surface area contributed by atoms with Crippen LogP contribution in [0.25, 0.3) is 0 Å². The normalized spacial score (nSPS) is 14.3. The van der Waals surface area contributed by atoms with Gasteiger partial charge in [-0.3, -0.25) is 14.5 Å². The lowest BCUT2D eigenvalue weighted by Crippen LogP contribution is -2.38. The molecule has 2 N–H and O–H groups in total. The van der Waals surface area contributed by atoms with Crippen LogP contribution < -0.4 is 20.1 Å². The fourth-order valence-corrected chi connectivity index (χ4v) is 5.44. The highest BCUT2D eigenvalue weighted by Gasteiger charge is 2.27. The number of amides is 2. The molecule has 1 aromatic carbocycles. The molecule has 0 fully saturated rings. The third-order valence-corrected chi connectivity index (χ3v) is 7.03. The number of anilines is 2. The summed E-state index contributed by atoms with van der Waals surface area (Å²) in [4.78, 5) is 40.6. The zero-order chi connectivity index (χ0) is 24.1. The van der Waals surface area contributed by atoms with Gasteiger partial charge in [0, 0.05) is 16.6 Å². The van der Waals surface area contributed by atoms with Crippen molar-refractivity contribution in [2.75, 3.05) is 50.6 Å². The molecule has 9 nitrogen and oxygen atoms in total. The van der Waals surface area contributed by atoms with Crippen molar-refractivity contribution in [1.82, 2.24) is 4.90 Å². The van der Waals surface area contributed by atoms with Crippen LogP contribution in [0.15, 0.2) is 18.2 Å². The van der Waals surface area contributed by atoms with Crippen LogP contribution >= 0.6 is 11.3 Å². The number of fused-ring (bicyclic) bond motifs is 2. The Morgan fingerprint density at radius 2 is 1.74 bits per heavy atom. The predicted octanol–water partition coefficient (Wildman–Crippen LogP) is 3.08. The van der Waals surface area contributed by atoms with Crippen molar-refractivity contribution in [3.63, 3.8) is 0 Å². The summed E-state index contributed by atoms with van der Waals surface area (Å²) >= 11 is 1.44. The second-order valence-electron chi connectivity index (χ2n) is 8.16. The average Bonchev–Trinajstić information content (AvgIpc) is 3.20. The molecule has 10 heteroatoms. The molecule has 2 aromatic rings. The Balaban J connectivity index is 1.36. The molecule has 0 bridgehead atoms. The van der Waals surface area contributed by atoms with Crippen molar-refractivity contribution in [3.8, 4) is 11.5 Å². The monoisotopic (exact) mass is 487 g/mol. The molecular formula is C24H29N3O6S. The zero-order valence-electron chi connectivity index (χ0n) is 19.4.